The maximum Gasteiger partial charge on any atom is 0.361 e. The molecule has 10 nitrogen and oxygen atoms in total. The van der Waals surface area contributed by atoms with E-state index < -0.39 is 19.1 Å². The lowest BCUT2D eigenvalue weighted by Gasteiger charge is -2.22. The SMILES string of the molecule is CCOP(=O)(OCC)c1ccc(C(C(=O)Nc2cnc(-n3cccn3)[nH]c2=O)C(C)C)cc1. The molecule has 3 aromatic rings. The van der Waals surface area contributed by atoms with E-state index in [-0.39, 0.29) is 36.7 Å². The zero-order valence-electron chi connectivity index (χ0n) is 19.0. The highest BCUT2D eigenvalue weighted by molar-refractivity contribution is 7.62. The number of benzene rings is 1. The van der Waals surface area contributed by atoms with Crippen LogP contribution in [0.4, 0.5) is 5.69 Å². The Hall–Kier alpha value is -3.07. The predicted molar refractivity (Wildman–Crippen MR) is 125 cm³/mol. The standard InChI is InChI=1S/C22H28N5O5P/c1-5-31-33(30,32-6-2)17-10-8-16(9-11-17)19(15(3)4)21(29)25-18-14-23-22(26-20(18)28)27-13-7-12-24-27/h7-15,19H,5-6H2,1-4H3,(H,25,29)(H,23,26,28). The molecule has 1 atom stereocenters. The molecule has 3 rings (SSSR count). The van der Waals surface area contributed by atoms with Crippen LogP contribution in [0.1, 0.15) is 39.2 Å². The molecule has 11 heteroatoms. The Morgan fingerprint density at radius 2 is 1.85 bits per heavy atom. The summed E-state index contributed by atoms with van der Waals surface area (Å²) in [5.74, 6) is -0.735. The fourth-order valence-corrected chi connectivity index (χ4v) is 4.99. The van der Waals surface area contributed by atoms with Gasteiger partial charge in [-0.25, -0.2) is 9.67 Å². The van der Waals surface area contributed by atoms with Crippen LogP contribution in [0.3, 0.4) is 0 Å². The summed E-state index contributed by atoms with van der Waals surface area (Å²) >= 11 is 0. The van der Waals surface area contributed by atoms with Crippen LogP contribution in [0, 0.1) is 5.92 Å². The second-order valence-electron chi connectivity index (χ2n) is 7.54. The number of nitrogens with zero attached hydrogens (tertiary/aromatic N) is 3. The van der Waals surface area contributed by atoms with Gasteiger partial charge in [0.25, 0.3) is 5.56 Å². The van der Waals surface area contributed by atoms with E-state index >= 15 is 0 Å². The molecule has 0 radical (unpaired) electrons. The van der Waals surface area contributed by atoms with E-state index in [0.717, 1.165) is 0 Å². The quantitative estimate of drug-likeness (QED) is 0.433. The molecule has 0 fully saturated rings. The number of H-pyrrole nitrogens is 1. The molecule has 1 aromatic carbocycles. The van der Waals surface area contributed by atoms with Crippen LogP contribution in [0.5, 0.6) is 0 Å². The van der Waals surface area contributed by atoms with E-state index in [2.05, 4.69) is 20.4 Å². The lowest BCUT2D eigenvalue weighted by molar-refractivity contribution is -0.118. The third kappa shape index (κ3) is 5.65. The Morgan fingerprint density at radius 1 is 1.18 bits per heavy atom. The molecular formula is C22H28N5O5P. The van der Waals surface area contributed by atoms with Crippen molar-refractivity contribution in [2.24, 2.45) is 5.92 Å². The number of anilines is 1. The van der Waals surface area contributed by atoms with E-state index in [9.17, 15) is 14.2 Å². The Morgan fingerprint density at radius 3 is 2.36 bits per heavy atom. The van der Waals surface area contributed by atoms with Crippen molar-refractivity contribution in [3.63, 3.8) is 0 Å². The Kier molecular flexibility index (Phi) is 7.97. The number of aromatic nitrogens is 4. The van der Waals surface area contributed by atoms with E-state index in [4.69, 9.17) is 9.05 Å². The van der Waals surface area contributed by atoms with Crippen molar-refractivity contribution in [1.29, 1.82) is 0 Å². The van der Waals surface area contributed by atoms with Gasteiger partial charge in [-0.15, -0.1) is 0 Å². The summed E-state index contributed by atoms with van der Waals surface area (Å²) < 4.78 is 25.2. The number of hydrogen-bond donors (Lipinski definition) is 2. The van der Waals surface area contributed by atoms with Crippen LogP contribution in [-0.4, -0.2) is 38.9 Å². The fraction of sp³-hybridized carbons (Fsp3) is 0.364. The minimum absolute atomic E-state index is 0.0374. The summed E-state index contributed by atoms with van der Waals surface area (Å²) in [6, 6.07) is 8.46. The first-order valence-corrected chi connectivity index (χ1v) is 12.2. The van der Waals surface area contributed by atoms with Crippen LogP contribution in [0.2, 0.25) is 0 Å². The molecule has 2 heterocycles. The largest absolute Gasteiger partial charge is 0.361 e. The number of rotatable bonds is 10. The van der Waals surface area contributed by atoms with E-state index in [1.165, 1.54) is 10.9 Å². The number of nitrogens with one attached hydrogen (secondary N) is 2. The molecule has 0 aliphatic rings. The normalized spacial score (nSPS) is 12.6. The van der Waals surface area contributed by atoms with E-state index in [1.807, 2.05) is 13.8 Å². The van der Waals surface area contributed by atoms with Gasteiger partial charge in [0.15, 0.2) is 0 Å². The number of carbonyl (C=O) groups excluding carboxylic acids is 1. The van der Waals surface area contributed by atoms with Crippen molar-refractivity contribution in [3.05, 3.63) is 64.8 Å². The highest BCUT2D eigenvalue weighted by Crippen LogP contribution is 2.46. The van der Waals surface area contributed by atoms with Gasteiger partial charge >= 0.3 is 7.60 Å². The Bertz CT molecular complexity index is 1160. The predicted octanol–water partition coefficient (Wildman–Crippen LogP) is 3.23. The van der Waals surface area contributed by atoms with Crippen molar-refractivity contribution in [2.75, 3.05) is 18.5 Å². The van der Waals surface area contributed by atoms with Gasteiger partial charge < -0.3 is 14.4 Å². The number of aromatic amines is 1. The summed E-state index contributed by atoms with van der Waals surface area (Å²) in [6.07, 6.45) is 4.51. The topological polar surface area (TPSA) is 128 Å². The van der Waals surface area contributed by atoms with Gasteiger partial charge in [0.05, 0.1) is 30.6 Å². The van der Waals surface area contributed by atoms with Gasteiger partial charge in [-0.2, -0.15) is 5.10 Å². The Balaban J connectivity index is 1.82. The number of hydrogen-bond acceptors (Lipinski definition) is 7. The van der Waals surface area contributed by atoms with Crippen molar-refractivity contribution < 1.29 is 18.4 Å². The zero-order valence-corrected chi connectivity index (χ0v) is 19.9. The zero-order chi connectivity index (χ0) is 24.0. The maximum atomic E-state index is 13.1. The van der Waals surface area contributed by atoms with Crippen molar-refractivity contribution in [3.8, 4) is 5.95 Å². The van der Waals surface area contributed by atoms with Gasteiger partial charge in [0.1, 0.15) is 5.69 Å². The summed E-state index contributed by atoms with van der Waals surface area (Å²) in [6.45, 7) is 7.81. The van der Waals surface area contributed by atoms with Gasteiger partial charge in [-0.05, 0) is 43.5 Å². The van der Waals surface area contributed by atoms with Crippen LogP contribution in [0.15, 0.2) is 53.7 Å². The molecule has 2 aromatic heterocycles. The van der Waals surface area contributed by atoms with E-state index in [1.54, 1.807) is 56.6 Å². The first-order valence-electron chi connectivity index (χ1n) is 10.7. The number of amides is 1. The van der Waals surface area contributed by atoms with Crippen LogP contribution >= 0.6 is 7.60 Å². The van der Waals surface area contributed by atoms with Crippen molar-refractivity contribution in [2.45, 2.75) is 33.6 Å². The highest BCUT2D eigenvalue weighted by atomic mass is 31.2. The highest BCUT2D eigenvalue weighted by Gasteiger charge is 2.29. The second-order valence-corrected chi connectivity index (χ2v) is 9.56. The molecule has 33 heavy (non-hydrogen) atoms. The minimum atomic E-state index is -3.42. The minimum Gasteiger partial charge on any atom is -0.320 e. The van der Waals surface area contributed by atoms with Gasteiger partial charge in [-0.3, -0.25) is 19.1 Å². The fourth-order valence-electron chi connectivity index (χ4n) is 3.43. The average molecular weight is 473 g/mol. The lowest BCUT2D eigenvalue weighted by atomic mass is 9.87. The van der Waals surface area contributed by atoms with Crippen LogP contribution in [-0.2, 0) is 18.4 Å². The molecule has 0 saturated carbocycles. The monoisotopic (exact) mass is 473 g/mol. The molecule has 2 N–H and O–H groups in total. The van der Waals surface area contributed by atoms with Gasteiger partial charge in [0, 0.05) is 12.4 Å². The molecule has 176 valence electrons. The van der Waals surface area contributed by atoms with E-state index in [0.29, 0.717) is 10.9 Å². The third-order valence-electron chi connectivity index (χ3n) is 4.88. The summed E-state index contributed by atoms with van der Waals surface area (Å²) in [7, 11) is -3.42. The average Bonchev–Trinajstić information content (AvgIpc) is 3.31. The summed E-state index contributed by atoms with van der Waals surface area (Å²) in [4.78, 5) is 32.3. The summed E-state index contributed by atoms with van der Waals surface area (Å²) in [5, 5.41) is 7.11. The Labute approximate surface area is 191 Å². The maximum absolute atomic E-state index is 13.1. The molecule has 0 spiro atoms. The molecule has 0 bridgehead atoms. The second kappa shape index (κ2) is 10.7. The smallest absolute Gasteiger partial charge is 0.320 e. The molecule has 0 aliphatic heterocycles. The molecule has 0 saturated heterocycles. The van der Waals surface area contributed by atoms with Crippen molar-refractivity contribution in [1.82, 2.24) is 19.7 Å². The molecule has 0 aliphatic carbocycles. The summed E-state index contributed by atoms with van der Waals surface area (Å²) in [5.41, 5.74) is 0.259. The van der Waals surface area contributed by atoms with Crippen LogP contribution in [0.25, 0.3) is 5.95 Å². The molecule has 1 unspecified atom stereocenters. The van der Waals surface area contributed by atoms with Gasteiger partial charge in [0.2, 0.25) is 11.9 Å². The third-order valence-corrected chi connectivity index (χ3v) is 7.01. The molecule has 1 amide bonds. The first-order chi connectivity index (χ1) is 15.8. The lowest BCUT2D eigenvalue weighted by Crippen LogP contribution is -2.29. The van der Waals surface area contributed by atoms with Gasteiger partial charge in [-0.1, -0.05) is 26.0 Å². The molecular weight excluding hydrogens is 445 g/mol. The first kappa shape index (κ1) is 24.6. The van der Waals surface area contributed by atoms with Crippen molar-refractivity contribution >= 4 is 24.5 Å². The van der Waals surface area contributed by atoms with Crippen LogP contribution < -0.4 is 16.2 Å². The number of carbonyl (C=O) groups is 1.